The van der Waals surface area contributed by atoms with E-state index in [1.54, 1.807) is 0 Å². The zero-order chi connectivity index (χ0) is 19.2. The average molecular weight is 387 g/mol. The van der Waals surface area contributed by atoms with Gasteiger partial charge in [-0.1, -0.05) is 13.8 Å². The van der Waals surface area contributed by atoms with Gasteiger partial charge in [-0.2, -0.15) is 0 Å². The van der Waals surface area contributed by atoms with Gasteiger partial charge in [0.1, 0.15) is 9.84 Å². The predicted molar refractivity (Wildman–Crippen MR) is 109 cm³/mol. The van der Waals surface area contributed by atoms with Gasteiger partial charge in [0, 0.05) is 45.0 Å². The van der Waals surface area contributed by atoms with E-state index in [0.717, 1.165) is 56.6 Å². The topological polar surface area (TPSA) is 65.0 Å². The first-order valence-corrected chi connectivity index (χ1v) is 12.3. The number of nitrogens with zero attached hydrogens (tertiary/aromatic N) is 3. The summed E-state index contributed by atoms with van der Waals surface area (Å²) < 4.78 is 22.6. The van der Waals surface area contributed by atoms with Crippen LogP contribution in [0.1, 0.15) is 46.5 Å². The fourth-order valence-corrected chi connectivity index (χ4v) is 4.60. The Labute approximate surface area is 160 Å². The van der Waals surface area contributed by atoms with E-state index in [2.05, 4.69) is 40.9 Å². The van der Waals surface area contributed by atoms with Gasteiger partial charge in [0.25, 0.3) is 0 Å². The minimum Gasteiger partial charge on any atom is -0.357 e. The highest BCUT2D eigenvalue weighted by atomic mass is 32.2. The Hall–Kier alpha value is -0.820. The van der Waals surface area contributed by atoms with Crippen molar-refractivity contribution in [1.82, 2.24) is 15.1 Å². The van der Waals surface area contributed by atoms with Crippen molar-refractivity contribution in [3.63, 3.8) is 0 Å². The zero-order valence-electron chi connectivity index (χ0n) is 17.1. The molecule has 1 N–H and O–H groups in total. The van der Waals surface area contributed by atoms with Gasteiger partial charge in [-0.05, 0) is 44.4 Å². The van der Waals surface area contributed by atoms with Crippen LogP contribution in [0.4, 0.5) is 0 Å². The van der Waals surface area contributed by atoms with Crippen LogP contribution < -0.4 is 5.32 Å². The molecule has 1 saturated carbocycles. The molecule has 2 fully saturated rings. The lowest BCUT2D eigenvalue weighted by atomic mass is 9.79. The zero-order valence-corrected chi connectivity index (χ0v) is 17.9. The number of nitrogens with one attached hydrogen (secondary N) is 1. The molecule has 6 nitrogen and oxygen atoms in total. The number of hydrogen-bond acceptors (Lipinski definition) is 4. The second-order valence-corrected chi connectivity index (χ2v) is 10.5. The third kappa shape index (κ3) is 6.72. The Bertz CT molecular complexity index is 546. The van der Waals surface area contributed by atoms with Crippen LogP contribution in [0.2, 0.25) is 0 Å². The van der Waals surface area contributed by atoms with E-state index in [4.69, 9.17) is 0 Å². The van der Waals surface area contributed by atoms with Gasteiger partial charge in [-0.3, -0.25) is 9.89 Å². The Morgan fingerprint density at radius 3 is 2.23 bits per heavy atom. The molecule has 26 heavy (non-hydrogen) atoms. The molecular weight excluding hydrogens is 348 g/mol. The summed E-state index contributed by atoms with van der Waals surface area (Å²) in [7, 11) is -2.96. The number of guanidine groups is 1. The van der Waals surface area contributed by atoms with Gasteiger partial charge in [0.2, 0.25) is 0 Å². The monoisotopic (exact) mass is 386 g/mol. The molecule has 1 aliphatic heterocycles. The molecule has 0 unspecified atom stereocenters. The van der Waals surface area contributed by atoms with Gasteiger partial charge in [-0.15, -0.1) is 0 Å². The molecule has 1 aliphatic carbocycles. The second-order valence-electron chi connectivity index (χ2n) is 8.20. The Morgan fingerprint density at radius 1 is 1.12 bits per heavy atom. The molecule has 0 aromatic heterocycles. The van der Waals surface area contributed by atoms with Gasteiger partial charge in [-0.25, -0.2) is 8.42 Å². The summed E-state index contributed by atoms with van der Waals surface area (Å²) >= 11 is 0. The molecule has 0 aromatic rings. The molecule has 152 valence electrons. The number of piperazine rings is 1. The van der Waals surface area contributed by atoms with E-state index in [9.17, 15) is 8.42 Å². The van der Waals surface area contributed by atoms with E-state index >= 15 is 0 Å². The highest BCUT2D eigenvalue weighted by Crippen LogP contribution is 2.32. The van der Waals surface area contributed by atoms with Crippen LogP contribution in [0.25, 0.3) is 0 Å². The summed E-state index contributed by atoms with van der Waals surface area (Å²) in [6.07, 6.45) is 6.69. The fourth-order valence-electron chi connectivity index (χ4n) is 4.18. The third-order valence-corrected chi connectivity index (χ3v) is 6.80. The predicted octanol–water partition coefficient (Wildman–Crippen LogP) is 1.83. The molecule has 1 heterocycles. The molecule has 2 aliphatic rings. The Kier molecular flexibility index (Phi) is 8.20. The lowest BCUT2D eigenvalue weighted by Crippen LogP contribution is -2.55. The van der Waals surface area contributed by atoms with Crippen LogP contribution in [0.5, 0.6) is 0 Å². The fraction of sp³-hybridized carbons (Fsp3) is 0.947. The molecule has 0 bridgehead atoms. The van der Waals surface area contributed by atoms with Gasteiger partial charge >= 0.3 is 0 Å². The first-order valence-electron chi connectivity index (χ1n) is 10.2. The van der Waals surface area contributed by atoms with Crippen molar-refractivity contribution in [1.29, 1.82) is 0 Å². The van der Waals surface area contributed by atoms with Crippen molar-refractivity contribution in [3.05, 3.63) is 0 Å². The van der Waals surface area contributed by atoms with Crippen LogP contribution >= 0.6 is 0 Å². The highest BCUT2D eigenvalue weighted by molar-refractivity contribution is 7.90. The summed E-state index contributed by atoms with van der Waals surface area (Å²) in [5.74, 6) is 2.70. The van der Waals surface area contributed by atoms with Crippen molar-refractivity contribution in [2.24, 2.45) is 16.8 Å². The van der Waals surface area contributed by atoms with Crippen molar-refractivity contribution in [3.8, 4) is 0 Å². The quantitative estimate of drug-likeness (QED) is 0.557. The van der Waals surface area contributed by atoms with Crippen molar-refractivity contribution < 1.29 is 8.42 Å². The Balaban J connectivity index is 1.82. The highest BCUT2D eigenvalue weighted by Gasteiger charge is 2.29. The normalized spacial score (nSPS) is 26.3. The first-order chi connectivity index (χ1) is 12.3. The van der Waals surface area contributed by atoms with Crippen molar-refractivity contribution >= 4 is 15.8 Å². The largest absolute Gasteiger partial charge is 0.357 e. The van der Waals surface area contributed by atoms with Crippen LogP contribution in [-0.2, 0) is 9.84 Å². The number of aliphatic imine (C=N–C) groups is 1. The van der Waals surface area contributed by atoms with E-state index < -0.39 is 9.84 Å². The summed E-state index contributed by atoms with van der Waals surface area (Å²) in [6, 6.07) is 0.747. The summed E-state index contributed by atoms with van der Waals surface area (Å²) in [5, 5.41) is 3.31. The lowest BCUT2D eigenvalue weighted by molar-refractivity contribution is 0.0864. The van der Waals surface area contributed by atoms with Crippen LogP contribution in [0, 0.1) is 11.8 Å². The van der Waals surface area contributed by atoms with Crippen LogP contribution in [0.15, 0.2) is 4.99 Å². The first kappa shape index (κ1) is 21.5. The van der Waals surface area contributed by atoms with Crippen molar-refractivity contribution in [2.45, 2.75) is 52.5 Å². The maximum absolute atomic E-state index is 11.3. The second kappa shape index (κ2) is 9.93. The number of rotatable bonds is 6. The number of sulfone groups is 1. The summed E-state index contributed by atoms with van der Waals surface area (Å²) in [6.45, 7) is 12.0. The number of hydrogen-bond donors (Lipinski definition) is 1. The third-order valence-electron chi connectivity index (χ3n) is 5.87. The molecular formula is C19H38N4O2S. The van der Waals surface area contributed by atoms with E-state index in [1.165, 1.54) is 31.9 Å². The Morgan fingerprint density at radius 2 is 1.73 bits per heavy atom. The van der Waals surface area contributed by atoms with Gasteiger partial charge in [0.05, 0.1) is 12.3 Å². The maximum Gasteiger partial charge on any atom is 0.194 e. The minimum absolute atomic E-state index is 0.112. The smallest absolute Gasteiger partial charge is 0.194 e. The lowest BCUT2D eigenvalue weighted by Gasteiger charge is -2.43. The van der Waals surface area contributed by atoms with Crippen LogP contribution in [0.3, 0.4) is 0 Å². The van der Waals surface area contributed by atoms with E-state index in [1.807, 2.05) is 0 Å². The minimum atomic E-state index is -2.96. The summed E-state index contributed by atoms with van der Waals surface area (Å²) in [4.78, 5) is 9.46. The SMILES string of the molecule is CCNC(=NCCS(C)(=O)=O)N1CCN(C2CCC(C(C)C)CC2)CC1. The van der Waals surface area contributed by atoms with E-state index in [-0.39, 0.29) is 5.75 Å². The molecule has 0 amide bonds. The summed E-state index contributed by atoms with van der Waals surface area (Å²) in [5.41, 5.74) is 0. The molecule has 0 atom stereocenters. The average Bonchev–Trinajstić information content (AvgIpc) is 2.60. The standard InChI is InChI=1S/C19H38N4O2S/c1-5-20-19(21-10-15-26(4,24)25)23-13-11-22(12-14-23)18-8-6-17(7-9-18)16(2)3/h16-18H,5-15H2,1-4H3,(H,20,21). The van der Waals surface area contributed by atoms with Crippen molar-refractivity contribution in [2.75, 3.05) is 51.3 Å². The van der Waals surface area contributed by atoms with Gasteiger partial charge in [0.15, 0.2) is 5.96 Å². The molecule has 0 radical (unpaired) electrons. The molecule has 7 heteroatoms. The van der Waals surface area contributed by atoms with Gasteiger partial charge < -0.3 is 10.2 Å². The molecule has 0 spiro atoms. The molecule has 2 rings (SSSR count). The molecule has 0 aromatic carbocycles. The molecule has 1 saturated heterocycles. The van der Waals surface area contributed by atoms with Crippen LogP contribution in [-0.4, -0.2) is 81.5 Å². The van der Waals surface area contributed by atoms with E-state index in [0.29, 0.717) is 6.54 Å². The maximum atomic E-state index is 11.3.